The Morgan fingerprint density at radius 3 is 2.74 bits per heavy atom. The third-order valence-corrected chi connectivity index (χ3v) is 7.87. The normalized spacial score (nSPS) is 17.1. The molecule has 3 aliphatic rings. The molecular formula is C29H31FN8O. The Kier molecular flexibility index (Phi) is 5.80. The highest BCUT2D eigenvalue weighted by Gasteiger charge is 2.34. The summed E-state index contributed by atoms with van der Waals surface area (Å²) in [6.07, 6.45) is 8.35. The Hall–Kier alpha value is -3.92. The summed E-state index contributed by atoms with van der Waals surface area (Å²) in [5, 5.41) is 11.0. The summed E-state index contributed by atoms with van der Waals surface area (Å²) in [6.45, 7) is 6.51. The molecule has 0 atom stereocenters. The number of hydrogen-bond donors (Lipinski definition) is 1. The molecule has 39 heavy (non-hydrogen) atoms. The quantitative estimate of drug-likeness (QED) is 0.360. The van der Waals surface area contributed by atoms with Crippen molar-refractivity contribution < 1.29 is 9.18 Å². The highest BCUT2D eigenvalue weighted by Crippen LogP contribution is 2.43. The summed E-state index contributed by atoms with van der Waals surface area (Å²) in [4.78, 5) is 25.1. The topological polar surface area (TPSA) is 93.8 Å². The van der Waals surface area contributed by atoms with E-state index in [9.17, 15) is 4.79 Å². The molecule has 1 N–H and O–H groups in total. The van der Waals surface area contributed by atoms with E-state index in [2.05, 4.69) is 30.0 Å². The van der Waals surface area contributed by atoms with Crippen molar-refractivity contribution in [1.29, 1.82) is 0 Å². The van der Waals surface area contributed by atoms with E-state index in [1.54, 1.807) is 24.5 Å². The van der Waals surface area contributed by atoms with Crippen LogP contribution in [0.25, 0.3) is 17.2 Å². The number of pyridine rings is 1. The molecule has 4 aromatic rings. The smallest absolute Gasteiger partial charge is 0.259 e. The molecule has 4 heterocycles. The molecule has 0 bridgehead atoms. The molecule has 2 fully saturated rings. The molecule has 2 saturated carbocycles. The van der Waals surface area contributed by atoms with Gasteiger partial charge in [-0.25, -0.2) is 14.4 Å². The average Bonchev–Trinajstić information content (AvgIpc) is 3.84. The van der Waals surface area contributed by atoms with Crippen LogP contribution in [-0.4, -0.2) is 46.7 Å². The molecule has 1 aliphatic heterocycles. The minimum Gasteiger partial charge on any atom is -0.310 e. The van der Waals surface area contributed by atoms with E-state index in [-0.39, 0.29) is 11.6 Å². The third-order valence-electron chi connectivity index (χ3n) is 7.87. The molecule has 1 aromatic carbocycles. The SMILES string of the molecule is CC(C)n1cnnc1-c1cccc(NC(=O)c2cc3c(cc2F)CN(CC2CC2)Cc2c(C4CC4)ncn2-3)n1. The lowest BCUT2D eigenvalue weighted by molar-refractivity contribution is 0.102. The summed E-state index contributed by atoms with van der Waals surface area (Å²) in [5.41, 5.74) is 4.56. The number of imidazole rings is 1. The largest absolute Gasteiger partial charge is 0.310 e. The van der Waals surface area contributed by atoms with Crippen molar-refractivity contribution in [3.63, 3.8) is 0 Å². The summed E-state index contributed by atoms with van der Waals surface area (Å²) in [7, 11) is 0. The van der Waals surface area contributed by atoms with Crippen LogP contribution in [0.5, 0.6) is 0 Å². The van der Waals surface area contributed by atoms with E-state index in [0.29, 0.717) is 29.8 Å². The number of amides is 1. The van der Waals surface area contributed by atoms with Crippen LogP contribution in [-0.2, 0) is 13.1 Å². The van der Waals surface area contributed by atoms with Crippen LogP contribution in [0.3, 0.4) is 0 Å². The van der Waals surface area contributed by atoms with Crippen molar-refractivity contribution in [1.82, 2.24) is 34.2 Å². The molecule has 0 radical (unpaired) electrons. The second kappa shape index (κ2) is 9.37. The molecule has 0 unspecified atom stereocenters. The first kappa shape index (κ1) is 24.1. The van der Waals surface area contributed by atoms with E-state index in [1.807, 2.05) is 30.8 Å². The summed E-state index contributed by atoms with van der Waals surface area (Å²) in [5.74, 6) is 1.06. The van der Waals surface area contributed by atoms with E-state index in [4.69, 9.17) is 4.98 Å². The van der Waals surface area contributed by atoms with Gasteiger partial charge in [0, 0.05) is 31.6 Å². The van der Waals surface area contributed by atoms with E-state index in [0.717, 1.165) is 48.8 Å². The number of carbonyl (C=O) groups excluding carboxylic acids is 1. The van der Waals surface area contributed by atoms with Crippen LogP contribution < -0.4 is 5.32 Å². The lowest BCUT2D eigenvalue weighted by atomic mass is 10.1. The molecule has 0 spiro atoms. The van der Waals surface area contributed by atoms with Gasteiger partial charge in [0.2, 0.25) is 0 Å². The van der Waals surface area contributed by atoms with Crippen molar-refractivity contribution in [2.24, 2.45) is 5.92 Å². The minimum absolute atomic E-state index is 0.0189. The molecule has 0 saturated heterocycles. The predicted molar refractivity (Wildman–Crippen MR) is 144 cm³/mol. The van der Waals surface area contributed by atoms with Crippen LogP contribution in [0, 0.1) is 11.7 Å². The van der Waals surface area contributed by atoms with Crippen LogP contribution in [0.1, 0.15) is 78.8 Å². The predicted octanol–water partition coefficient (Wildman–Crippen LogP) is 5.10. The zero-order valence-electron chi connectivity index (χ0n) is 22.1. The summed E-state index contributed by atoms with van der Waals surface area (Å²) in [6, 6.07) is 8.62. The molecule has 10 heteroatoms. The second-order valence-corrected chi connectivity index (χ2v) is 11.3. The highest BCUT2D eigenvalue weighted by molar-refractivity contribution is 6.04. The highest BCUT2D eigenvalue weighted by atomic mass is 19.1. The van der Waals surface area contributed by atoms with E-state index >= 15 is 4.39 Å². The number of halogens is 1. The first-order valence-electron chi connectivity index (χ1n) is 13.7. The Morgan fingerprint density at radius 1 is 1.13 bits per heavy atom. The Balaban J connectivity index is 1.21. The first-order valence-corrected chi connectivity index (χ1v) is 13.7. The maximum atomic E-state index is 15.5. The molecule has 200 valence electrons. The van der Waals surface area contributed by atoms with Gasteiger partial charge >= 0.3 is 0 Å². The molecule has 2 aliphatic carbocycles. The van der Waals surface area contributed by atoms with Gasteiger partial charge in [0.15, 0.2) is 5.82 Å². The van der Waals surface area contributed by atoms with Crippen molar-refractivity contribution in [3.8, 4) is 17.2 Å². The Labute approximate surface area is 226 Å². The van der Waals surface area contributed by atoms with Gasteiger partial charge in [0.1, 0.15) is 23.7 Å². The standard InChI is InChI=1S/C29H31FN8O/c1-17(2)37-16-32-35-28(37)23-4-3-5-26(33-23)34-29(39)21-11-24-20(10-22(21)30)13-36(12-18-6-7-18)14-25-27(19-8-9-19)31-15-38(24)25/h3-5,10-11,15-19H,6-9,12-14H2,1-2H3,(H,33,34,39). The molecule has 7 rings (SSSR count). The third kappa shape index (κ3) is 4.63. The first-order chi connectivity index (χ1) is 18.9. The number of hydrogen-bond acceptors (Lipinski definition) is 6. The Morgan fingerprint density at radius 2 is 1.97 bits per heavy atom. The van der Waals surface area contributed by atoms with Gasteiger partial charge in [-0.2, -0.15) is 0 Å². The molecule has 9 nitrogen and oxygen atoms in total. The summed E-state index contributed by atoms with van der Waals surface area (Å²) < 4.78 is 19.5. The van der Waals surface area contributed by atoms with Crippen molar-refractivity contribution >= 4 is 11.7 Å². The Bertz CT molecular complexity index is 1570. The van der Waals surface area contributed by atoms with E-state index in [1.165, 1.54) is 24.6 Å². The average molecular weight is 527 g/mol. The van der Waals surface area contributed by atoms with Gasteiger partial charge < -0.3 is 14.5 Å². The summed E-state index contributed by atoms with van der Waals surface area (Å²) >= 11 is 0. The zero-order chi connectivity index (χ0) is 26.7. The minimum atomic E-state index is -0.548. The van der Waals surface area contributed by atoms with Gasteiger partial charge in [0.05, 0.1) is 29.0 Å². The van der Waals surface area contributed by atoms with Crippen LogP contribution in [0.2, 0.25) is 0 Å². The number of aromatic nitrogens is 6. The zero-order valence-corrected chi connectivity index (χ0v) is 22.1. The molecule has 1 amide bonds. The van der Waals surface area contributed by atoms with Gasteiger partial charge in [-0.15, -0.1) is 10.2 Å². The van der Waals surface area contributed by atoms with Crippen LogP contribution in [0.4, 0.5) is 10.2 Å². The number of rotatable bonds is 7. The number of nitrogens with one attached hydrogen (secondary N) is 1. The fraction of sp³-hybridized carbons (Fsp3) is 0.414. The van der Waals surface area contributed by atoms with Crippen molar-refractivity contribution in [2.75, 3.05) is 11.9 Å². The van der Waals surface area contributed by atoms with Crippen molar-refractivity contribution in [2.45, 2.75) is 64.6 Å². The fourth-order valence-corrected chi connectivity index (χ4v) is 5.50. The number of carbonyl (C=O) groups is 1. The maximum Gasteiger partial charge on any atom is 0.259 e. The van der Waals surface area contributed by atoms with Gasteiger partial charge in [-0.3, -0.25) is 9.69 Å². The number of fused-ring (bicyclic) bond motifs is 3. The molecule has 3 aromatic heterocycles. The van der Waals surface area contributed by atoms with Gasteiger partial charge in [-0.05, 0) is 75.3 Å². The second-order valence-electron chi connectivity index (χ2n) is 11.3. The monoisotopic (exact) mass is 526 g/mol. The van der Waals surface area contributed by atoms with Crippen molar-refractivity contribution in [3.05, 3.63) is 71.3 Å². The number of nitrogens with zero attached hydrogens (tertiary/aromatic N) is 7. The lowest BCUT2D eigenvalue weighted by Gasteiger charge is -2.20. The van der Waals surface area contributed by atoms with Gasteiger partial charge in [0.25, 0.3) is 5.91 Å². The molecular weight excluding hydrogens is 495 g/mol. The lowest BCUT2D eigenvalue weighted by Crippen LogP contribution is -2.25. The number of anilines is 1. The van der Waals surface area contributed by atoms with E-state index < -0.39 is 11.7 Å². The van der Waals surface area contributed by atoms with Crippen LogP contribution >= 0.6 is 0 Å². The fourth-order valence-electron chi connectivity index (χ4n) is 5.50. The van der Waals surface area contributed by atoms with Crippen LogP contribution in [0.15, 0.2) is 43.0 Å². The maximum absolute atomic E-state index is 15.5. The van der Waals surface area contributed by atoms with Gasteiger partial charge in [-0.1, -0.05) is 6.07 Å². The number of benzene rings is 1.